The predicted molar refractivity (Wildman–Crippen MR) is 94.9 cm³/mol. The molecular formula is C18H21BrClN. The van der Waals surface area contributed by atoms with Crippen molar-refractivity contribution in [2.24, 2.45) is 5.73 Å². The molecule has 1 nitrogen and oxygen atoms in total. The molecule has 0 amide bonds. The molecule has 0 aliphatic heterocycles. The van der Waals surface area contributed by atoms with Crippen molar-refractivity contribution in [3.63, 3.8) is 0 Å². The van der Waals surface area contributed by atoms with Gasteiger partial charge in [0.1, 0.15) is 0 Å². The van der Waals surface area contributed by atoms with E-state index in [1.807, 2.05) is 18.2 Å². The van der Waals surface area contributed by atoms with Crippen molar-refractivity contribution in [2.75, 3.05) is 0 Å². The van der Waals surface area contributed by atoms with Gasteiger partial charge in [-0.3, -0.25) is 0 Å². The van der Waals surface area contributed by atoms with E-state index in [0.29, 0.717) is 5.02 Å². The smallest absolute Gasteiger partial charge is 0.0552 e. The summed E-state index contributed by atoms with van der Waals surface area (Å²) in [5.74, 6) is 0. The van der Waals surface area contributed by atoms with Crippen LogP contribution in [0.25, 0.3) is 0 Å². The van der Waals surface area contributed by atoms with E-state index >= 15 is 0 Å². The normalized spacial score (nSPS) is 13.2. The highest BCUT2D eigenvalue weighted by Gasteiger charge is 2.18. The zero-order chi connectivity index (χ0) is 15.6. The summed E-state index contributed by atoms with van der Waals surface area (Å²) in [6.45, 7) is 6.73. The first-order chi connectivity index (χ1) is 9.83. The van der Waals surface area contributed by atoms with E-state index in [0.717, 1.165) is 22.0 Å². The summed E-state index contributed by atoms with van der Waals surface area (Å²) < 4.78 is 0.948. The van der Waals surface area contributed by atoms with Crippen molar-refractivity contribution in [3.05, 3.63) is 68.7 Å². The maximum absolute atomic E-state index is 6.37. The minimum atomic E-state index is -0.168. The highest BCUT2D eigenvalue weighted by molar-refractivity contribution is 9.10. The van der Waals surface area contributed by atoms with Crippen LogP contribution in [0.1, 0.15) is 49.9 Å². The maximum atomic E-state index is 6.37. The fourth-order valence-corrected chi connectivity index (χ4v) is 3.18. The highest BCUT2D eigenvalue weighted by Crippen LogP contribution is 2.30. The second-order valence-electron chi connectivity index (χ2n) is 6.04. The monoisotopic (exact) mass is 365 g/mol. The molecule has 0 heterocycles. The van der Waals surface area contributed by atoms with E-state index in [9.17, 15) is 0 Å². The van der Waals surface area contributed by atoms with Gasteiger partial charge in [-0.15, -0.1) is 0 Å². The van der Waals surface area contributed by atoms with Gasteiger partial charge in [-0.25, -0.2) is 0 Å². The van der Waals surface area contributed by atoms with Gasteiger partial charge in [-0.1, -0.05) is 72.6 Å². The van der Waals surface area contributed by atoms with Gasteiger partial charge < -0.3 is 5.73 Å². The van der Waals surface area contributed by atoms with Crippen molar-refractivity contribution in [2.45, 2.75) is 38.6 Å². The van der Waals surface area contributed by atoms with Crippen LogP contribution in [0, 0.1) is 0 Å². The van der Waals surface area contributed by atoms with Gasteiger partial charge in [-0.2, -0.15) is 0 Å². The van der Waals surface area contributed by atoms with Gasteiger partial charge in [-0.05, 0) is 46.7 Å². The van der Waals surface area contributed by atoms with Gasteiger partial charge in [0.25, 0.3) is 0 Å². The number of benzene rings is 2. The Balaban J connectivity index is 2.30. The van der Waals surface area contributed by atoms with E-state index in [1.54, 1.807) is 0 Å². The standard InChI is InChI=1S/C18H21BrClN/c1-4-18(2,3)14-7-5-12(6-8-14)17(21)13-9-15(19)11-16(20)10-13/h5-11,17H,4,21H2,1-3H3. The van der Waals surface area contributed by atoms with Crippen molar-refractivity contribution in [1.82, 2.24) is 0 Å². The Labute approximate surface area is 140 Å². The molecule has 0 aromatic heterocycles. The summed E-state index contributed by atoms with van der Waals surface area (Å²) in [6, 6.07) is 14.2. The summed E-state index contributed by atoms with van der Waals surface area (Å²) in [7, 11) is 0. The lowest BCUT2D eigenvalue weighted by Crippen LogP contribution is -2.16. The molecule has 0 saturated heterocycles. The molecule has 1 atom stereocenters. The first-order valence-electron chi connectivity index (χ1n) is 7.15. The second-order valence-corrected chi connectivity index (χ2v) is 7.39. The number of hydrogen-bond acceptors (Lipinski definition) is 1. The molecule has 3 heteroatoms. The zero-order valence-corrected chi connectivity index (χ0v) is 15.0. The molecule has 112 valence electrons. The molecule has 0 spiro atoms. The van der Waals surface area contributed by atoms with Crippen LogP contribution in [0.3, 0.4) is 0 Å². The second kappa shape index (κ2) is 6.51. The summed E-state index contributed by atoms with van der Waals surface area (Å²) in [4.78, 5) is 0. The van der Waals surface area contributed by atoms with Gasteiger partial charge in [0, 0.05) is 9.50 Å². The van der Waals surface area contributed by atoms with Crippen molar-refractivity contribution in [3.8, 4) is 0 Å². The predicted octanol–water partition coefficient (Wildman–Crippen LogP) is 5.84. The molecule has 0 aliphatic carbocycles. The van der Waals surface area contributed by atoms with Crippen LogP contribution in [0.15, 0.2) is 46.9 Å². The molecular weight excluding hydrogens is 346 g/mol. The summed E-state index contributed by atoms with van der Waals surface area (Å²) in [6.07, 6.45) is 1.11. The molecule has 2 N–H and O–H groups in total. The van der Waals surface area contributed by atoms with Crippen LogP contribution in [0.5, 0.6) is 0 Å². The average Bonchev–Trinajstić information content (AvgIpc) is 2.45. The first kappa shape index (κ1) is 16.5. The van der Waals surface area contributed by atoms with Crippen LogP contribution >= 0.6 is 27.5 Å². The average molecular weight is 367 g/mol. The fraction of sp³-hybridized carbons (Fsp3) is 0.333. The Morgan fingerprint density at radius 2 is 1.71 bits per heavy atom. The minimum absolute atomic E-state index is 0.168. The maximum Gasteiger partial charge on any atom is 0.0552 e. The molecule has 0 saturated carbocycles. The Kier molecular flexibility index (Phi) is 5.13. The molecule has 0 aliphatic rings. The molecule has 1 unspecified atom stereocenters. The van der Waals surface area contributed by atoms with Crippen molar-refractivity contribution in [1.29, 1.82) is 0 Å². The van der Waals surface area contributed by atoms with Crippen LogP contribution in [0.2, 0.25) is 5.02 Å². The fourth-order valence-electron chi connectivity index (χ4n) is 2.29. The van der Waals surface area contributed by atoms with Crippen LogP contribution in [0.4, 0.5) is 0 Å². The number of halogens is 2. The lowest BCUT2D eigenvalue weighted by Gasteiger charge is -2.24. The number of rotatable bonds is 4. The Hall–Kier alpha value is -0.830. The molecule has 0 bridgehead atoms. The van der Waals surface area contributed by atoms with Crippen molar-refractivity contribution < 1.29 is 0 Å². The molecule has 2 aromatic rings. The Bertz CT molecular complexity index is 599. The molecule has 0 radical (unpaired) electrons. The van der Waals surface area contributed by atoms with E-state index in [-0.39, 0.29) is 11.5 Å². The van der Waals surface area contributed by atoms with Crippen LogP contribution in [-0.2, 0) is 5.41 Å². The Morgan fingerprint density at radius 3 is 2.24 bits per heavy atom. The first-order valence-corrected chi connectivity index (χ1v) is 8.32. The third kappa shape index (κ3) is 3.88. The molecule has 2 aromatic carbocycles. The quantitative estimate of drug-likeness (QED) is 0.723. The molecule has 0 fully saturated rings. The van der Waals surface area contributed by atoms with Gasteiger partial charge in [0.05, 0.1) is 6.04 Å². The topological polar surface area (TPSA) is 26.0 Å². The number of hydrogen-bond donors (Lipinski definition) is 1. The lowest BCUT2D eigenvalue weighted by molar-refractivity contribution is 0.506. The summed E-state index contributed by atoms with van der Waals surface area (Å²) in [5.41, 5.74) is 10.0. The largest absolute Gasteiger partial charge is 0.320 e. The zero-order valence-electron chi connectivity index (χ0n) is 12.7. The van der Waals surface area contributed by atoms with E-state index < -0.39 is 0 Å². The van der Waals surface area contributed by atoms with Crippen LogP contribution < -0.4 is 5.73 Å². The van der Waals surface area contributed by atoms with E-state index in [1.165, 1.54) is 5.56 Å². The van der Waals surface area contributed by atoms with Crippen molar-refractivity contribution >= 4 is 27.5 Å². The SMILES string of the molecule is CCC(C)(C)c1ccc(C(N)c2cc(Cl)cc(Br)c2)cc1. The number of nitrogens with two attached hydrogens (primary N) is 1. The van der Waals surface area contributed by atoms with E-state index in [2.05, 4.69) is 61.0 Å². The summed E-state index contributed by atoms with van der Waals surface area (Å²) in [5, 5.41) is 0.693. The lowest BCUT2D eigenvalue weighted by atomic mass is 9.81. The molecule has 2 rings (SSSR count). The van der Waals surface area contributed by atoms with Gasteiger partial charge in [0.2, 0.25) is 0 Å². The van der Waals surface area contributed by atoms with Crippen LogP contribution in [-0.4, -0.2) is 0 Å². The van der Waals surface area contributed by atoms with E-state index in [4.69, 9.17) is 17.3 Å². The summed E-state index contributed by atoms with van der Waals surface area (Å²) >= 11 is 9.56. The minimum Gasteiger partial charge on any atom is -0.320 e. The third-order valence-electron chi connectivity index (χ3n) is 4.18. The van der Waals surface area contributed by atoms with Gasteiger partial charge in [0.15, 0.2) is 0 Å². The highest BCUT2D eigenvalue weighted by atomic mass is 79.9. The Morgan fingerprint density at radius 1 is 1.10 bits per heavy atom. The molecule has 21 heavy (non-hydrogen) atoms. The van der Waals surface area contributed by atoms with Gasteiger partial charge >= 0.3 is 0 Å². The third-order valence-corrected chi connectivity index (χ3v) is 4.86.